The van der Waals surface area contributed by atoms with Gasteiger partial charge in [0.1, 0.15) is 11.5 Å². The van der Waals surface area contributed by atoms with Crippen molar-refractivity contribution in [2.24, 2.45) is 11.0 Å². The van der Waals surface area contributed by atoms with Gasteiger partial charge in [-0.1, -0.05) is 17.7 Å². The van der Waals surface area contributed by atoms with Crippen LogP contribution in [0, 0.1) is 5.92 Å². The smallest absolute Gasteiger partial charge is 0.335 e. The Kier molecular flexibility index (Phi) is 7.99. The van der Waals surface area contributed by atoms with Gasteiger partial charge in [0.15, 0.2) is 11.5 Å². The largest absolute Gasteiger partial charge is 0.493 e. The van der Waals surface area contributed by atoms with Gasteiger partial charge in [-0.15, -0.1) is 0 Å². The molecule has 42 heavy (non-hydrogen) atoms. The molecule has 0 spiro atoms. The van der Waals surface area contributed by atoms with E-state index < -0.39 is 17.8 Å². The summed E-state index contributed by atoms with van der Waals surface area (Å²) in [4.78, 5) is 37.7. The first-order chi connectivity index (χ1) is 20.2. The topological polar surface area (TPSA) is 131 Å². The molecule has 1 atom stereocenters. The number of anilines is 2. The van der Waals surface area contributed by atoms with Gasteiger partial charge in [0.25, 0.3) is 11.8 Å². The Morgan fingerprint density at radius 2 is 1.81 bits per heavy atom. The highest BCUT2D eigenvalue weighted by atomic mass is 35.5. The zero-order valence-electron chi connectivity index (χ0n) is 22.9. The summed E-state index contributed by atoms with van der Waals surface area (Å²) in [6.45, 7) is 1.75. The molecular formula is C31H26ClN3O7. The molecule has 1 unspecified atom stereocenters. The lowest BCUT2D eigenvalue weighted by Crippen LogP contribution is -2.28. The Hall–Kier alpha value is -5.09. The van der Waals surface area contributed by atoms with E-state index in [0.29, 0.717) is 45.7 Å². The summed E-state index contributed by atoms with van der Waals surface area (Å²) in [6, 6.07) is 19.6. The van der Waals surface area contributed by atoms with E-state index in [1.807, 2.05) is 0 Å². The second-order valence-electron chi connectivity index (χ2n) is 9.49. The summed E-state index contributed by atoms with van der Waals surface area (Å²) < 4.78 is 16.6. The van der Waals surface area contributed by atoms with Crippen molar-refractivity contribution in [2.45, 2.75) is 13.3 Å². The number of ether oxygens (including phenoxy) is 2. The number of nitrogens with zero attached hydrogens (tertiary/aromatic N) is 2. The van der Waals surface area contributed by atoms with Gasteiger partial charge < -0.3 is 24.3 Å². The number of rotatable bonds is 9. The molecule has 214 valence electrons. The molecule has 0 fully saturated rings. The van der Waals surface area contributed by atoms with Crippen molar-refractivity contribution < 1.29 is 33.4 Å². The van der Waals surface area contributed by atoms with Gasteiger partial charge in [-0.3, -0.25) is 9.59 Å². The van der Waals surface area contributed by atoms with E-state index in [4.69, 9.17) is 25.5 Å². The fourth-order valence-corrected chi connectivity index (χ4v) is 4.81. The third-order valence-corrected chi connectivity index (χ3v) is 7.14. The van der Waals surface area contributed by atoms with Crippen LogP contribution < -0.4 is 19.8 Å². The summed E-state index contributed by atoms with van der Waals surface area (Å²) >= 11 is 6.37. The van der Waals surface area contributed by atoms with Gasteiger partial charge in [-0.25, -0.2) is 9.80 Å². The molecule has 5 rings (SSSR count). The Bertz CT molecular complexity index is 1730. The molecule has 3 aromatic carbocycles. The van der Waals surface area contributed by atoms with Crippen LogP contribution in [0.5, 0.6) is 11.5 Å². The molecule has 10 nitrogen and oxygen atoms in total. The predicted molar refractivity (Wildman–Crippen MR) is 158 cm³/mol. The molecule has 1 aromatic heterocycles. The SMILES string of the molecule is COc1ccc(NC(=O)c2cc(-c3ccc(CC4C(=O)N(c5cccc(C(=O)O)c5)N=C4C)o3)ccc2Cl)cc1OC. The molecule has 2 N–H and O–H groups in total. The van der Waals surface area contributed by atoms with Crippen LogP contribution in [0.3, 0.4) is 0 Å². The van der Waals surface area contributed by atoms with Crippen LogP contribution in [0.2, 0.25) is 5.02 Å². The molecule has 1 aliphatic heterocycles. The molecule has 0 radical (unpaired) electrons. The lowest BCUT2D eigenvalue weighted by atomic mass is 9.99. The molecule has 0 aliphatic carbocycles. The second kappa shape index (κ2) is 11.8. The molecule has 11 heteroatoms. The van der Waals surface area contributed by atoms with Crippen LogP contribution in [-0.2, 0) is 11.2 Å². The van der Waals surface area contributed by atoms with E-state index in [0.717, 1.165) is 0 Å². The van der Waals surface area contributed by atoms with Crippen molar-refractivity contribution in [1.29, 1.82) is 0 Å². The molecule has 2 heterocycles. The standard InChI is InChI=1S/C31H26ClN3O7/c1-17-23(30(37)35(34-17)21-6-4-5-19(13-21)31(38)39)16-22-9-12-26(42-22)18-7-10-25(32)24(14-18)29(36)33-20-8-11-27(40-2)28(15-20)41-3/h4-15,23H,16H2,1-3H3,(H,33,36)(H,38,39). The number of hydrogen-bond acceptors (Lipinski definition) is 7. The number of carboxylic acid groups (broad SMARTS) is 1. The highest BCUT2D eigenvalue weighted by Gasteiger charge is 2.35. The van der Waals surface area contributed by atoms with Gasteiger partial charge in [0.05, 0.1) is 42.0 Å². The Morgan fingerprint density at radius 1 is 1.02 bits per heavy atom. The molecule has 0 bridgehead atoms. The van der Waals surface area contributed by atoms with Crippen LogP contribution in [-0.4, -0.2) is 42.8 Å². The molecule has 4 aromatic rings. The quantitative estimate of drug-likeness (QED) is 0.240. The van der Waals surface area contributed by atoms with Crippen molar-refractivity contribution in [1.82, 2.24) is 0 Å². The third-order valence-electron chi connectivity index (χ3n) is 6.81. The third kappa shape index (κ3) is 5.70. The number of nitrogens with one attached hydrogen (secondary N) is 1. The van der Waals surface area contributed by atoms with Gasteiger partial charge in [-0.05, 0) is 67.6 Å². The monoisotopic (exact) mass is 587 g/mol. The summed E-state index contributed by atoms with van der Waals surface area (Å²) in [6.07, 6.45) is 0.253. The van der Waals surface area contributed by atoms with Crippen molar-refractivity contribution in [2.75, 3.05) is 24.5 Å². The summed E-state index contributed by atoms with van der Waals surface area (Å²) in [5.74, 6) is -0.331. The van der Waals surface area contributed by atoms with Crippen LogP contribution in [0.25, 0.3) is 11.3 Å². The number of halogens is 1. The van der Waals surface area contributed by atoms with Crippen LogP contribution in [0.1, 0.15) is 33.4 Å². The van der Waals surface area contributed by atoms with Gasteiger partial charge in [0, 0.05) is 29.4 Å². The molecule has 2 amide bonds. The minimum absolute atomic E-state index is 0.0621. The number of carbonyl (C=O) groups excluding carboxylic acids is 2. The van der Waals surface area contributed by atoms with Crippen molar-refractivity contribution in [3.05, 3.63) is 94.7 Å². The number of hydrogen-bond donors (Lipinski definition) is 2. The van der Waals surface area contributed by atoms with Crippen LogP contribution in [0.4, 0.5) is 11.4 Å². The number of methoxy groups -OCH3 is 2. The second-order valence-corrected chi connectivity index (χ2v) is 9.90. The highest BCUT2D eigenvalue weighted by molar-refractivity contribution is 6.34. The first-order valence-corrected chi connectivity index (χ1v) is 13.2. The minimum atomic E-state index is -1.09. The molecule has 0 saturated heterocycles. The maximum atomic E-state index is 13.2. The number of furan rings is 1. The average Bonchev–Trinajstić information content (AvgIpc) is 3.57. The number of aromatic carboxylic acids is 1. The Labute approximate surface area is 246 Å². The summed E-state index contributed by atoms with van der Waals surface area (Å²) in [7, 11) is 3.04. The fourth-order valence-electron chi connectivity index (χ4n) is 4.60. The van der Waals surface area contributed by atoms with Gasteiger partial charge in [0.2, 0.25) is 0 Å². The molecule has 0 saturated carbocycles. The van der Waals surface area contributed by atoms with Crippen molar-refractivity contribution >= 4 is 46.5 Å². The summed E-state index contributed by atoms with van der Waals surface area (Å²) in [5.41, 5.74) is 2.39. The van der Waals surface area contributed by atoms with E-state index in [2.05, 4.69) is 10.4 Å². The lowest BCUT2D eigenvalue weighted by Gasteiger charge is -2.14. The number of carboxylic acids is 1. The Morgan fingerprint density at radius 3 is 2.55 bits per heavy atom. The minimum Gasteiger partial charge on any atom is -0.493 e. The molecular weight excluding hydrogens is 562 g/mol. The van der Waals surface area contributed by atoms with Gasteiger partial charge in [-0.2, -0.15) is 5.10 Å². The van der Waals surface area contributed by atoms with E-state index in [1.165, 1.54) is 31.4 Å². The van der Waals surface area contributed by atoms with E-state index in [1.54, 1.807) is 67.6 Å². The van der Waals surface area contributed by atoms with Crippen LogP contribution in [0.15, 0.2) is 82.3 Å². The molecule has 1 aliphatic rings. The normalized spacial score (nSPS) is 14.5. The number of carbonyl (C=O) groups is 3. The number of amides is 2. The first-order valence-electron chi connectivity index (χ1n) is 12.8. The highest BCUT2D eigenvalue weighted by Crippen LogP contribution is 2.33. The maximum Gasteiger partial charge on any atom is 0.335 e. The maximum absolute atomic E-state index is 13.2. The van der Waals surface area contributed by atoms with Crippen LogP contribution >= 0.6 is 11.6 Å². The Balaban J connectivity index is 1.31. The lowest BCUT2D eigenvalue weighted by molar-refractivity contribution is -0.119. The number of benzene rings is 3. The van der Waals surface area contributed by atoms with E-state index >= 15 is 0 Å². The zero-order chi connectivity index (χ0) is 30.0. The zero-order valence-corrected chi connectivity index (χ0v) is 23.6. The number of hydrazone groups is 1. The summed E-state index contributed by atoms with van der Waals surface area (Å²) in [5, 5.41) is 18.0. The van der Waals surface area contributed by atoms with Crippen molar-refractivity contribution in [3.8, 4) is 22.8 Å². The van der Waals surface area contributed by atoms with Crippen molar-refractivity contribution in [3.63, 3.8) is 0 Å². The van der Waals surface area contributed by atoms with E-state index in [-0.39, 0.29) is 28.5 Å². The predicted octanol–water partition coefficient (Wildman–Crippen LogP) is 6.15. The van der Waals surface area contributed by atoms with E-state index in [9.17, 15) is 19.5 Å². The van der Waals surface area contributed by atoms with Gasteiger partial charge >= 0.3 is 5.97 Å². The average molecular weight is 588 g/mol. The fraction of sp³-hybridized carbons (Fsp3) is 0.161. The first kappa shape index (κ1) is 28.4.